The second kappa shape index (κ2) is 7.11. The third kappa shape index (κ3) is 3.54. The summed E-state index contributed by atoms with van der Waals surface area (Å²) >= 11 is 3.43. The van der Waals surface area contributed by atoms with Crippen LogP contribution in [0, 0.1) is 6.92 Å². The Labute approximate surface area is 130 Å². The van der Waals surface area contributed by atoms with Crippen LogP contribution in [-0.4, -0.2) is 22.9 Å². The first-order valence-electron chi connectivity index (χ1n) is 7.21. The lowest BCUT2D eigenvalue weighted by molar-refractivity contribution is 0.0599. The van der Waals surface area contributed by atoms with E-state index in [1.165, 1.54) is 0 Å². The molecule has 0 aliphatic rings. The third-order valence-corrected chi connectivity index (χ3v) is 4.53. The Bertz CT molecular complexity index is 478. The zero-order valence-electron chi connectivity index (χ0n) is 13.0. The van der Waals surface area contributed by atoms with Gasteiger partial charge in [0.2, 0.25) is 0 Å². The Hall–Kier alpha value is -1.03. The predicted molar refractivity (Wildman–Crippen MR) is 89.0 cm³/mol. The molecule has 0 fully saturated rings. The van der Waals surface area contributed by atoms with Crippen LogP contribution >= 0.6 is 15.9 Å². The molecule has 0 radical (unpaired) electrons. The highest BCUT2D eigenvalue weighted by atomic mass is 79.9. The summed E-state index contributed by atoms with van der Waals surface area (Å²) in [6, 6.07) is 4.22. The van der Waals surface area contributed by atoms with Crippen LogP contribution in [0.5, 0.6) is 0 Å². The number of rotatable bonds is 5. The largest absolute Gasteiger partial charge is 0.397 e. The van der Waals surface area contributed by atoms with Gasteiger partial charge in [0.25, 0.3) is 5.91 Å². The van der Waals surface area contributed by atoms with Gasteiger partial charge in [-0.2, -0.15) is 0 Å². The second-order valence-electron chi connectivity index (χ2n) is 5.43. The summed E-state index contributed by atoms with van der Waals surface area (Å²) in [7, 11) is 0. The number of hydrogen-bond donors (Lipinski definition) is 1. The highest BCUT2D eigenvalue weighted by Gasteiger charge is 2.26. The van der Waals surface area contributed by atoms with E-state index in [4.69, 9.17) is 5.73 Å². The molecule has 0 saturated heterocycles. The molecule has 1 amide bonds. The van der Waals surface area contributed by atoms with E-state index in [0.717, 1.165) is 22.9 Å². The maximum atomic E-state index is 12.9. The Kier molecular flexibility index (Phi) is 6.06. The summed E-state index contributed by atoms with van der Waals surface area (Å²) in [4.78, 5) is 14.9. The Balaban J connectivity index is 3.25. The summed E-state index contributed by atoms with van der Waals surface area (Å²) in [5.41, 5.74) is 8.23. The van der Waals surface area contributed by atoms with Crippen molar-refractivity contribution in [3.63, 3.8) is 0 Å². The van der Waals surface area contributed by atoms with Crippen LogP contribution in [0.1, 0.15) is 56.5 Å². The molecular formula is C16H25BrN2O. The van der Waals surface area contributed by atoms with E-state index >= 15 is 0 Å². The molecule has 3 nitrogen and oxygen atoms in total. The molecule has 1 aromatic carbocycles. The number of halogens is 1. The van der Waals surface area contributed by atoms with Crippen molar-refractivity contribution in [2.24, 2.45) is 0 Å². The van der Waals surface area contributed by atoms with Gasteiger partial charge in [0.1, 0.15) is 0 Å². The highest BCUT2D eigenvalue weighted by molar-refractivity contribution is 9.10. The normalized spacial score (nSPS) is 13.9. The average Bonchev–Trinajstić information content (AvgIpc) is 2.42. The van der Waals surface area contributed by atoms with Crippen LogP contribution in [0.25, 0.3) is 0 Å². The minimum absolute atomic E-state index is 0.0237. The predicted octanol–water partition coefficient (Wildman–Crippen LogP) is 4.38. The van der Waals surface area contributed by atoms with E-state index in [-0.39, 0.29) is 18.0 Å². The molecule has 2 N–H and O–H groups in total. The lowest BCUT2D eigenvalue weighted by Crippen LogP contribution is -2.44. The number of aryl methyl sites for hydroxylation is 1. The molecule has 20 heavy (non-hydrogen) atoms. The van der Waals surface area contributed by atoms with Crippen molar-refractivity contribution in [3.05, 3.63) is 27.7 Å². The maximum absolute atomic E-state index is 12.9. The molecule has 2 unspecified atom stereocenters. The van der Waals surface area contributed by atoms with Crippen LogP contribution in [-0.2, 0) is 0 Å². The molecule has 1 rings (SSSR count). The van der Waals surface area contributed by atoms with E-state index in [9.17, 15) is 4.79 Å². The smallest absolute Gasteiger partial charge is 0.256 e. The fourth-order valence-electron chi connectivity index (χ4n) is 2.30. The molecule has 0 aromatic heterocycles. The van der Waals surface area contributed by atoms with Gasteiger partial charge in [-0.25, -0.2) is 0 Å². The minimum Gasteiger partial charge on any atom is -0.397 e. The summed E-state index contributed by atoms with van der Waals surface area (Å²) in [5.74, 6) is 0.0237. The van der Waals surface area contributed by atoms with E-state index in [1.54, 1.807) is 0 Å². The molecule has 0 aliphatic heterocycles. The number of nitrogens with zero attached hydrogens (tertiary/aromatic N) is 1. The molecular weight excluding hydrogens is 316 g/mol. The topological polar surface area (TPSA) is 46.3 Å². The van der Waals surface area contributed by atoms with E-state index < -0.39 is 0 Å². The number of nitrogens with two attached hydrogens (primary N) is 1. The fraction of sp³-hybridized carbons (Fsp3) is 0.562. The van der Waals surface area contributed by atoms with Crippen LogP contribution in [0.4, 0.5) is 5.69 Å². The quantitative estimate of drug-likeness (QED) is 0.808. The van der Waals surface area contributed by atoms with Gasteiger partial charge in [-0.3, -0.25) is 4.79 Å². The van der Waals surface area contributed by atoms with Crippen molar-refractivity contribution in [3.8, 4) is 0 Å². The van der Waals surface area contributed by atoms with Crippen LogP contribution in [0.15, 0.2) is 16.6 Å². The summed E-state index contributed by atoms with van der Waals surface area (Å²) in [5, 5.41) is 0. The summed E-state index contributed by atoms with van der Waals surface area (Å²) in [6.07, 6.45) is 1.87. The number of amides is 1. The van der Waals surface area contributed by atoms with Gasteiger partial charge in [0.05, 0.1) is 11.3 Å². The zero-order chi connectivity index (χ0) is 15.4. The number of benzene rings is 1. The second-order valence-corrected chi connectivity index (χ2v) is 6.29. The Morgan fingerprint density at radius 3 is 2.20 bits per heavy atom. The van der Waals surface area contributed by atoms with E-state index in [0.29, 0.717) is 11.3 Å². The van der Waals surface area contributed by atoms with E-state index in [1.807, 2.05) is 24.0 Å². The standard InChI is InChI=1S/C16H25BrN2O/c1-6-11(4)19(12(5)7-2)16(20)13-8-10(3)9-14(17)15(13)18/h8-9,11-12H,6-7,18H2,1-5H3. The lowest BCUT2D eigenvalue weighted by atomic mass is 10.0. The number of anilines is 1. The van der Waals surface area contributed by atoms with Crippen molar-refractivity contribution >= 4 is 27.5 Å². The average molecular weight is 341 g/mol. The van der Waals surface area contributed by atoms with Gasteiger partial charge in [-0.1, -0.05) is 13.8 Å². The van der Waals surface area contributed by atoms with Gasteiger partial charge in [-0.05, 0) is 67.2 Å². The summed E-state index contributed by atoms with van der Waals surface area (Å²) < 4.78 is 0.786. The monoisotopic (exact) mass is 340 g/mol. The molecule has 0 spiro atoms. The van der Waals surface area contributed by atoms with Gasteiger partial charge in [-0.15, -0.1) is 0 Å². The first kappa shape index (κ1) is 17.0. The van der Waals surface area contributed by atoms with Gasteiger partial charge >= 0.3 is 0 Å². The molecule has 0 bridgehead atoms. The van der Waals surface area contributed by atoms with Crippen LogP contribution < -0.4 is 5.73 Å². The molecule has 0 saturated carbocycles. The third-order valence-electron chi connectivity index (χ3n) is 3.87. The van der Waals surface area contributed by atoms with Crippen molar-refractivity contribution in [1.82, 2.24) is 4.90 Å². The van der Waals surface area contributed by atoms with Gasteiger partial charge in [0, 0.05) is 16.6 Å². The SMILES string of the molecule is CCC(C)N(C(=O)c1cc(C)cc(Br)c1N)C(C)CC. The molecule has 1 aromatic rings. The Morgan fingerprint density at radius 2 is 1.75 bits per heavy atom. The van der Waals surface area contributed by atoms with Crippen LogP contribution in [0.3, 0.4) is 0 Å². The van der Waals surface area contributed by atoms with Crippen molar-refractivity contribution in [1.29, 1.82) is 0 Å². The highest BCUT2D eigenvalue weighted by Crippen LogP contribution is 2.28. The van der Waals surface area contributed by atoms with Crippen molar-refractivity contribution in [2.75, 3.05) is 5.73 Å². The lowest BCUT2D eigenvalue weighted by Gasteiger charge is -2.34. The number of hydrogen-bond acceptors (Lipinski definition) is 2. The Morgan fingerprint density at radius 1 is 1.25 bits per heavy atom. The van der Waals surface area contributed by atoms with Crippen molar-refractivity contribution in [2.45, 2.75) is 59.5 Å². The maximum Gasteiger partial charge on any atom is 0.256 e. The number of carbonyl (C=O) groups excluding carboxylic acids is 1. The first-order valence-corrected chi connectivity index (χ1v) is 8.00. The molecule has 0 aliphatic carbocycles. The molecule has 0 heterocycles. The van der Waals surface area contributed by atoms with Gasteiger partial charge in [0.15, 0.2) is 0 Å². The van der Waals surface area contributed by atoms with Gasteiger partial charge < -0.3 is 10.6 Å². The van der Waals surface area contributed by atoms with E-state index in [2.05, 4.69) is 43.6 Å². The first-order chi connectivity index (χ1) is 9.33. The molecule has 4 heteroatoms. The zero-order valence-corrected chi connectivity index (χ0v) is 14.6. The summed E-state index contributed by atoms with van der Waals surface area (Å²) in [6.45, 7) is 10.3. The van der Waals surface area contributed by atoms with Crippen molar-refractivity contribution < 1.29 is 4.79 Å². The molecule has 112 valence electrons. The fourth-order valence-corrected chi connectivity index (χ4v) is 2.87. The minimum atomic E-state index is 0.0237. The number of carbonyl (C=O) groups is 1. The molecule has 2 atom stereocenters. The number of nitrogen functional groups attached to an aromatic ring is 1. The van der Waals surface area contributed by atoms with Crippen LogP contribution in [0.2, 0.25) is 0 Å².